The molecule has 0 heterocycles. The van der Waals surface area contributed by atoms with Crippen molar-refractivity contribution in [1.82, 2.24) is 0 Å². The van der Waals surface area contributed by atoms with E-state index in [2.05, 4.69) is 13.8 Å². The van der Waals surface area contributed by atoms with Gasteiger partial charge >= 0.3 is 5.97 Å². The summed E-state index contributed by atoms with van der Waals surface area (Å²) in [6.07, 6.45) is 47.5. The topological polar surface area (TPSA) is 55.8 Å². The van der Waals surface area contributed by atoms with Crippen molar-refractivity contribution in [2.75, 3.05) is 19.8 Å². The average Bonchev–Trinajstić information content (AvgIpc) is 3.08. The number of hydrogen-bond donors (Lipinski definition) is 1. The summed E-state index contributed by atoms with van der Waals surface area (Å²) >= 11 is 0. The van der Waals surface area contributed by atoms with E-state index in [0.29, 0.717) is 19.6 Å². The predicted molar refractivity (Wildman–Crippen MR) is 205 cm³/mol. The molecule has 0 rings (SSSR count). The predicted octanol–water partition coefficient (Wildman–Crippen LogP) is 14.0. The highest BCUT2D eigenvalue weighted by Gasteiger charge is 2.13. The summed E-state index contributed by atoms with van der Waals surface area (Å²) in [7, 11) is 0. The van der Waals surface area contributed by atoms with Crippen LogP contribution in [0.3, 0.4) is 0 Å². The van der Waals surface area contributed by atoms with Crippen LogP contribution < -0.4 is 0 Å². The van der Waals surface area contributed by atoms with Crippen LogP contribution in [0.1, 0.15) is 245 Å². The third-order valence-corrected chi connectivity index (χ3v) is 9.93. The summed E-state index contributed by atoms with van der Waals surface area (Å²) in [4.78, 5) is 12.1. The Hall–Kier alpha value is -0.610. The number of esters is 1. The lowest BCUT2D eigenvalue weighted by Gasteiger charge is -2.16. The van der Waals surface area contributed by atoms with Crippen LogP contribution in [-0.4, -0.2) is 37.0 Å². The van der Waals surface area contributed by atoms with Crippen LogP contribution in [-0.2, 0) is 14.3 Å². The van der Waals surface area contributed by atoms with Gasteiger partial charge in [0, 0.05) is 13.0 Å². The Labute approximate surface area is 295 Å². The van der Waals surface area contributed by atoms with Gasteiger partial charge in [-0.1, -0.05) is 226 Å². The highest BCUT2D eigenvalue weighted by atomic mass is 16.6. The number of carbonyl (C=O) groups excluding carboxylic acids is 1. The second-order valence-corrected chi connectivity index (χ2v) is 14.8. The first-order chi connectivity index (χ1) is 23.2. The molecule has 4 heteroatoms. The number of aliphatic hydroxyl groups excluding tert-OH is 1. The van der Waals surface area contributed by atoms with Crippen LogP contribution in [0.4, 0.5) is 0 Å². The Morgan fingerprint density at radius 1 is 0.426 bits per heavy atom. The van der Waals surface area contributed by atoms with E-state index in [1.807, 2.05) is 0 Å². The van der Waals surface area contributed by atoms with Crippen LogP contribution in [0, 0.1) is 0 Å². The second kappa shape index (κ2) is 41.6. The van der Waals surface area contributed by atoms with Gasteiger partial charge in [0.15, 0.2) is 0 Å². The highest BCUT2D eigenvalue weighted by Crippen LogP contribution is 2.16. The number of unbranched alkanes of at least 4 members (excludes halogenated alkanes) is 33. The van der Waals surface area contributed by atoms with Gasteiger partial charge in [0.2, 0.25) is 0 Å². The molecule has 47 heavy (non-hydrogen) atoms. The molecule has 0 spiro atoms. The molecule has 0 aromatic carbocycles. The molecule has 0 radical (unpaired) electrons. The van der Waals surface area contributed by atoms with Crippen molar-refractivity contribution in [3.63, 3.8) is 0 Å². The Bertz CT molecular complexity index is 580. The summed E-state index contributed by atoms with van der Waals surface area (Å²) in [5.41, 5.74) is 0. The van der Waals surface area contributed by atoms with Crippen molar-refractivity contribution in [3.05, 3.63) is 0 Å². The molecule has 0 saturated carbocycles. The highest BCUT2D eigenvalue weighted by molar-refractivity contribution is 5.69. The van der Waals surface area contributed by atoms with Gasteiger partial charge < -0.3 is 14.6 Å². The molecular weight excluding hydrogens is 580 g/mol. The molecule has 0 aliphatic heterocycles. The molecule has 1 N–H and O–H groups in total. The Morgan fingerprint density at radius 3 is 1.00 bits per heavy atom. The Kier molecular flexibility index (Phi) is 41.0. The molecule has 0 fully saturated rings. The molecule has 1 unspecified atom stereocenters. The van der Waals surface area contributed by atoms with Gasteiger partial charge in [-0.25, -0.2) is 0 Å². The number of ether oxygens (including phenoxy) is 2. The van der Waals surface area contributed by atoms with E-state index in [4.69, 9.17) is 9.47 Å². The van der Waals surface area contributed by atoms with Gasteiger partial charge in [0.05, 0.1) is 13.2 Å². The van der Waals surface area contributed by atoms with E-state index in [1.54, 1.807) is 0 Å². The van der Waals surface area contributed by atoms with E-state index >= 15 is 0 Å². The van der Waals surface area contributed by atoms with Crippen molar-refractivity contribution in [3.8, 4) is 0 Å². The van der Waals surface area contributed by atoms with Gasteiger partial charge in [-0.05, 0) is 12.8 Å². The van der Waals surface area contributed by atoms with Crippen LogP contribution in [0.15, 0.2) is 0 Å². The standard InChI is InChI=1S/C43H86O4/c1-3-5-7-9-11-13-15-16-17-18-19-20-21-22-23-24-25-26-27-28-29-31-33-35-37-39-46-41-42(40-44)47-43(45)38-36-34-32-30-14-12-10-8-6-4-2/h42,44H,3-41H2,1-2H3. The minimum absolute atomic E-state index is 0.163. The van der Waals surface area contributed by atoms with Gasteiger partial charge in [-0.3, -0.25) is 4.79 Å². The molecule has 4 nitrogen and oxygen atoms in total. The number of aliphatic hydroxyl groups is 1. The summed E-state index contributed by atoms with van der Waals surface area (Å²) in [5.74, 6) is -0.197. The lowest BCUT2D eigenvalue weighted by molar-refractivity contribution is -0.154. The van der Waals surface area contributed by atoms with Crippen LogP contribution in [0.25, 0.3) is 0 Å². The summed E-state index contributed by atoms with van der Waals surface area (Å²) in [6.45, 7) is 5.38. The fourth-order valence-electron chi connectivity index (χ4n) is 6.68. The molecule has 0 aliphatic rings. The number of carbonyl (C=O) groups is 1. The fraction of sp³-hybridized carbons (Fsp3) is 0.977. The fourth-order valence-corrected chi connectivity index (χ4v) is 6.68. The molecule has 0 aromatic rings. The number of hydrogen-bond acceptors (Lipinski definition) is 4. The zero-order chi connectivity index (χ0) is 34.1. The first-order valence-electron chi connectivity index (χ1n) is 21.6. The van der Waals surface area contributed by atoms with Gasteiger partial charge in [0.1, 0.15) is 6.10 Å². The largest absolute Gasteiger partial charge is 0.457 e. The average molecular weight is 667 g/mol. The van der Waals surface area contributed by atoms with E-state index < -0.39 is 6.10 Å². The minimum Gasteiger partial charge on any atom is -0.457 e. The van der Waals surface area contributed by atoms with E-state index in [9.17, 15) is 9.90 Å². The SMILES string of the molecule is CCCCCCCCCCCCCCCCCCCCCCCCCCCOCC(CO)OC(=O)CCCCCCCCCCCC. The Balaban J connectivity index is 3.29. The smallest absolute Gasteiger partial charge is 0.306 e. The summed E-state index contributed by atoms with van der Waals surface area (Å²) in [5, 5.41) is 9.56. The molecule has 0 amide bonds. The molecular formula is C43H86O4. The molecule has 0 aromatic heterocycles. The summed E-state index contributed by atoms with van der Waals surface area (Å²) in [6, 6.07) is 0. The van der Waals surface area contributed by atoms with Crippen molar-refractivity contribution in [2.24, 2.45) is 0 Å². The quantitative estimate of drug-likeness (QED) is 0.0521. The van der Waals surface area contributed by atoms with Crippen LogP contribution in [0.5, 0.6) is 0 Å². The van der Waals surface area contributed by atoms with Crippen LogP contribution >= 0.6 is 0 Å². The molecule has 1 atom stereocenters. The molecule has 0 aliphatic carbocycles. The minimum atomic E-state index is -0.523. The van der Waals surface area contributed by atoms with Crippen LogP contribution in [0.2, 0.25) is 0 Å². The maximum atomic E-state index is 12.1. The third kappa shape index (κ3) is 39.7. The molecule has 0 saturated heterocycles. The first-order valence-corrected chi connectivity index (χ1v) is 21.6. The number of rotatable bonds is 41. The maximum absolute atomic E-state index is 12.1. The zero-order valence-electron chi connectivity index (χ0n) is 32.3. The lowest BCUT2D eigenvalue weighted by atomic mass is 10.0. The summed E-state index contributed by atoms with van der Waals surface area (Å²) < 4.78 is 11.1. The normalized spacial score (nSPS) is 12.1. The van der Waals surface area contributed by atoms with E-state index in [1.165, 1.54) is 205 Å². The third-order valence-electron chi connectivity index (χ3n) is 9.93. The second-order valence-electron chi connectivity index (χ2n) is 14.8. The Morgan fingerprint density at radius 2 is 0.702 bits per heavy atom. The van der Waals surface area contributed by atoms with Crippen molar-refractivity contribution in [1.29, 1.82) is 0 Å². The van der Waals surface area contributed by atoms with Crippen molar-refractivity contribution in [2.45, 2.75) is 251 Å². The van der Waals surface area contributed by atoms with E-state index in [-0.39, 0.29) is 12.6 Å². The van der Waals surface area contributed by atoms with Gasteiger partial charge in [-0.2, -0.15) is 0 Å². The van der Waals surface area contributed by atoms with E-state index in [0.717, 1.165) is 19.3 Å². The molecule has 282 valence electrons. The monoisotopic (exact) mass is 667 g/mol. The van der Waals surface area contributed by atoms with Gasteiger partial charge in [-0.15, -0.1) is 0 Å². The lowest BCUT2D eigenvalue weighted by Crippen LogP contribution is -2.27. The van der Waals surface area contributed by atoms with Gasteiger partial charge in [0.25, 0.3) is 0 Å². The first kappa shape index (κ1) is 46.4. The molecule has 0 bridgehead atoms. The zero-order valence-corrected chi connectivity index (χ0v) is 32.3. The van der Waals surface area contributed by atoms with Crippen molar-refractivity contribution < 1.29 is 19.4 Å². The van der Waals surface area contributed by atoms with Crippen molar-refractivity contribution >= 4 is 5.97 Å². The maximum Gasteiger partial charge on any atom is 0.306 e.